The molecule has 1 N–H and O–H groups in total. The van der Waals surface area contributed by atoms with Gasteiger partial charge in [-0.25, -0.2) is 0 Å². The minimum absolute atomic E-state index is 0.577. The lowest BCUT2D eigenvalue weighted by Crippen LogP contribution is -2.45. The Morgan fingerprint density at radius 2 is 2.00 bits per heavy atom. The standard InChI is InChI=1S/C14H19NO/c16-14(12-5-2-1-3-6-12)8-10-15-9-4-7-13(15)11-14/h1-3,5-6,13,16H,4,7-11H2/t13-,14-/m0/s1. The lowest BCUT2D eigenvalue weighted by Gasteiger charge is -2.41. The minimum Gasteiger partial charge on any atom is -0.385 e. The third kappa shape index (κ3) is 1.66. The highest BCUT2D eigenvalue weighted by molar-refractivity contribution is 5.23. The Morgan fingerprint density at radius 1 is 1.19 bits per heavy atom. The zero-order valence-corrected chi connectivity index (χ0v) is 9.60. The summed E-state index contributed by atoms with van der Waals surface area (Å²) < 4.78 is 0. The van der Waals surface area contributed by atoms with Gasteiger partial charge in [-0.05, 0) is 37.8 Å². The SMILES string of the molecule is O[C@@]1(c2ccccc2)CCN2CCC[C@H]2C1. The van der Waals surface area contributed by atoms with Crippen molar-refractivity contribution >= 4 is 0 Å². The van der Waals surface area contributed by atoms with Crippen LogP contribution in [0.1, 0.15) is 31.2 Å². The zero-order valence-electron chi connectivity index (χ0n) is 9.60. The Hall–Kier alpha value is -0.860. The van der Waals surface area contributed by atoms with Crippen LogP contribution in [0.25, 0.3) is 0 Å². The second-order valence-corrected chi connectivity index (χ2v) is 5.18. The van der Waals surface area contributed by atoms with Gasteiger partial charge in [0.2, 0.25) is 0 Å². The van der Waals surface area contributed by atoms with Crippen molar-refractivity contribution in [2.75, 3.05) is 13.1 Å². The normalized spacial score (nSPS) is 34.9. The van der Waals surface area contributed by atoms with Gasteiger partial charge in [-0.15, -0.1) is 0 Å². The van der Waals surface area contributed by atoms with Gasteiger partial charge in [0.15, 0.2) is 0 Å². The molecule has 0 aromatic heterocycles. The monoisotopic (exact) mass is 217 g/mol. The van der Waals surface area contributed by atoms with Crippen LogP contribution in [0, 0.1) is 0 Å². The molecule has 2 fully saturated rings. The van der Waals surface area contributed by atoms with Crippen LogP contribution in [0.3, 0.4) is 0 Å². The third-order valence-corrected chi connectivity index (χ3v) is 4.20. The van der Waals surface area contributed by atoms with Gasteiger partial charge in [0.1, 0.15) is 0 Å². The molecule has 2 aliphatic rings. The van der Waals surface area contributed by atoms with Crippen molar-refractivity contribution in [1.82, 2.24) is 4.90 Å². The van der Waals surface area contributed by atoms with Gasteiger partial charge in [-0.1, -0.05) is 30.3 Å². The maximum Gasteiger partial charge on any atom is 0.0923 e. The summed E-state index contributed by atoms with van der Waals surface area (Å²) in [6.45, 7) is 2.28. The molecule has 0 saturated carbocycles. The van der Waals surface area contributed by atoms with E-state index < -0.39 is 5.60 Å². The number of benzene rings is 1. The molecule has 16 heavy (non-hydrogen) atoms. The summed E-state index contributed by atoms with van der Waals surface area (Å²) >= 11 is 0. The molecule has 2 nitrogen and oxygen atoms in total. The van der Waals surface area contributed by atoms with Crippen LogP contribution in [-0.4, -0.2) is 29.1 Å². The molecule has 3 rings (SSSR count). The fourth-order valence-corrected chi connectivity index (χ4v) is 3.25. The number of rotatable bonds is 1. The van der Waals surface area contributed by atoms with Crippen molar-refractivity contribution in [3.8, 4) is 0 Å². The fraction of sp³-hybridized carbons (Fsp3) is 0.571. The van der Waals surface area contributed by atoms with Gasteiger partial charge in [0, 0.05) is 12.6 Å². The van der Waals surface area contributed by atoms with Crippen molar-refractivity contribution in [3.05, 3.63) is 35.9 Å². The van der Waals surface area contributed by atoms with Crippen molar-refractivity contribution in [3.63, 3.8) is 0 Å². The summed E-state index contributed by atoms with van der Waals surface area (Å²) in [7, 11) is 0. The molecule has 1 aromatic carbocycles. The zero-order chi connectivity index (χ0) is 11.0. The van der Waals surface area contributed by atoms with Crippen LogP contribution in [0.5, 0.6) is 0 Å². The van der Waals surface area contributed by atoms with E-state index in [2.05, 4.69) is 17.0 Å². The van der Waals surface area contributed by atoms with Gasteiger partial charge in [0.25, 0.3) is 0 Å². The number of piperidine rings is 1. The molecule has 1 aromatic rings. The largest absolute Gasteiger partial charge is 0.385 e. The second-order valence-electron chi connectivity index (χ2n) is 5.18. The average molecular weight is 217 g/mol. The maximum atomic E-state index is 10.8. The highest BCUT2D eigenvalue weighted by atomic mass is 16.3. The van der Waals surface area contributed by atoms with E-state index in [-0.39, 0.29) is 0 Å². The number of nitrogens with zero attached hydrogens (tertiary/aromatic N) is 1. The molecule has 2 aliphatic heterocycles. The van der Waals surface area contributed by atoms with E-state index in [0.717, 1.165) is 24.9 Å². The molecule has 2 atom stereocenters. The summed E-state index contributed by atoms with van der Waals surface area (Å²) in [5.74, 6) is 0. The molecule has 2 heterocycles. The Labute approximate surface area is 96.9 Å². The predicted molar refractivity (Wildman–Crippen MR) is 64.2 cm³/mol. The average Bonchev–Trinajstić information content (AvgIpc) is 2.77. The van der Waals surface area contributed by atoms with Crippen molar-refractivity contribution in [2.24, 2.45) is 0 Å². The first-order chi connectivity index (χ1) is 7.78. The molecular formula is C14H19NO. The van der Waals surface area contributed by atoms with E-state index in [9.17, 15) is 5.11 Å². The summed E-state index contributed by atoms with van der Waals surface area (Å²) in [5.41, 5.74) is 0.522. The summed E-state index contributed by atoms with van der Waals surface area (Å²) in [4.78, 5) is 2.54. The van der Waals surface area contributed by atoms with Gasteiger partial charge in [0.05, 0.1) is 5.60 Å². The Morgan fingerprint density at radius 3 is 2.81 bits per heavy atom. The minimum atomic E-state index is -0.577. The highest BCUT2D eigenvalue weighted by Crippen LogP contribution is 2.39. The summed E-state index contributed by atoms with van der Waals surface area (Å²) in [5, 5.41) is 10.8. The molecule has 0 unspecified atom stereocenters. The van der Waals surface area contributed by atoms with E-state index in [0.29, 0.717) is 6.04 Å². The quantitative estimate of drug-likeness (QED) is 0.779. The first-order valence-electron chi connectivity index (χ1n) is 6.30. The molecule has 86 valence electrons. The summed E-state index contributed by atoms with van der Waals surface area (Å²) in [6, 6.07) is 10.8. The van der Waals surface area contributed by atoms with Crippen LogP contribution in [0.2, 0.25) is 0 Å². The Balaban J connectivity index is 1.84. The van der Waals surface area contributed by atoms with Crippen LogP contribution in [0.4, 0.5) is 0 Å². The molecule has 0 amide bonds. The smallest absolute Gasteiger partial charge is 0.0923 e. The maximum absolute atomic E-state index is 10.8. The lowest BCUT2D eigenvalue weighted by atomic mass is 9.81. The van der Waals surface area contributed by atoms with Crippen LogP contribution < -0.4 is 0 Å². The number of fused-ring (bicyclic) bond motifs is 1. The molecular weight excluding hydrogens is 198 g/mol. The van der Waals surface area contributed by atoms with E-state index in [1.165, 1.54) is 19.4 Å². The van der Waals surface area contributed by atoms with Crippen molar-refractivity contribution in [1.29, 1.82) is 0 Å². The number of hydrogen-bond acceptors (Lipinski definition) is 2. The van der Waals surface area contributed by atoms with Gasteiger partial charge < -0.3 is 10.0 Å². The first kappa shape index (κ1) is 10.3. The molecule has 2 heteroatoms. The highest BCUT2D eigenvalue weighted by Gasteiger charge is 2.40. The van der Waals surface area contributed by atoms with Crippen molar-refractivity contribution in [2.45, 2.75) is 37.3 Å². The molecule has 0 bridgehead atoms. The second kappa shape index (κ2) is 3.86. The van der Waals surface area contributed by atoms with E-state index >= 15 is 0 Å². The lowest BCUT2D eigenvalue weighted by molar-refractivity contribution is -0.0408. The number of aliphatic hydroxyl groups is 1. The van der Waals surface area contributed by atoms with Gasteiger partial charge >= 0.3 is 0 Å². The topological polar surface area (TPSA) is 23.5 Å². The van der Waals surface area contributed by atoms with Crippen LogP contribution in [-0.2, 0) is 5.60 Å². The Kier molecular flexibility index (Phi) is 2.49. The first-order valence-corrected chi connectivity index (χ1v) is 6.30. The van der Waals surface area contributed by atoms with Crippen LogP contribution >= 0.6 is 0 Å². The summed E-state index contributed by atoms with van der Waals surface area (Å²) in [6.07, 6.45) is 4.36. The fourth-order valence-electron chi connectivity index (χ4n) is 3.25. The van der Waals surface area contributed by atoms with E-state index in [1.54, 1.807) is 0 Å². The Bertz CT molecular complexity index is 364. The van der Waals surface area contributed by atoms with Gasteiger partial charge in [-0.2, -0.15) is 0 Å². The number of hydrogen-bond donors (Lipinski definition) is 1. The van der Waals surface area contributed by atoms with Crippen molar-refractivity contribution < 1.29 is 5.11 Å². The van der Waals surface area contributed by atoms with Gasteiger partial charge in [-0.3, -0.25) is 0 Å². The van der Waals surface area contributed by atoms with Crippen LogP contribution in [0.15, 0.2) is 30.3 Å². The third-order valence-electron chi connectivity index (χ3n) is 4.20. The van der Waals surface area contributed by atoms with E-state index in [1.807, 2.05) is 18.2 Å². The predicted octanol–water partition coefficient (Wildman–Crippen LogP) is 2.13. The molecule has 0 spiro atoms. The molecule has 0 aliphatic carbocycles. The molecule has 2 saturated heterocycles. The van der Waals surface area contributed by atoms with E-state index in [4.69, 9.17) is 0 Å². The molecule has 0 radical (unpaired) electrons.